The Morgan fingerprint density at radius 2 is 1.88 bits per heavy atom. The summed E-state index contributed by atoms with van der Waals surface area (Å²) in [5.74, 6) is 0. The summed E-state index contributed by atoms with van der Waals surface area (Å²) in [6, 6.07) is 7.88. The van der Waals surface area contributed by atoms with Crippen LogP contribution < -0.4 is 0 Å². The van der Waals surface area contributed by atoms with Gasteiger partial charge in [0.1, 0.15) is 5.69 Å². The topological polar surface area (TPSA) is 28.7 Å². The summed E-state index contributed by atoms with van der Waals surface area (Å²) in [5, 5.41) is 6.76. The maximum Gasteiger partial charge on any atom is 0.416 e. The van der Waals surface area contributed by atoms with E-state index in [0.29, 0.717) is 11.3 Å². The highest BCUT2D eigenvalue weighted by Gasteiger charge is 2.30. The molecule has 1 N–H and O–H groups in total. The Hall–Kier alpha value is -1.78. The van der Waals surface area contributed by atoms with E-state index in [1.807, 2.05) is 6.92 Å². The summed E-state index contributed by atoms with van der Waals surface area (Å²) < 4.78 is 37.1. The van der Waals surface area contributed by atoms with Gasteiger partial charge in [0.25, 0.3) is 0 Å². The van der Waals surface area contributed by atoms with Crippen LogP contribution in [0, 0.1) is 6.07 Å². The lowest BCUT2D eigenvalue weighted by Crippen LogP contribution is -2.03. The maximum absolute atomic E-state index is 12.4. The zero-order valence-electron chi connectivity index (χ0n) is 9.10. The normalized spacial score (nSPS) is 11.8. The number of aromatic nitrogens is 2. The van der Waals surface area contributed by atoms with Gasteiger partial charge in [-0.3, -0.25) is 5.10 Å². The van der Waals surface area contributed by atoms with E-state index >= 15 is 0 Å². The minimum Gasteiger partial charge on any atom is -0.281 e. The van der Waals surface area contributed by atoms with Gasteiger partial charge in [0.2, 0.25) is 0 Å². The van der Waals surface area contributed by atoms with Crippen LogP contribution in [-0.2, 0) is 12.6 Å². The van der Waals surface area contributed by atoms with E-state index < -0.39 is 11.7 Å². The number of aryl methyl sites for hydroxylation is 1. The first-order valence-electron chi connectivity index (χ1n) is 5.15. The van der Waals surface area contributed by atoms with Crippen LogP contribution in [0.1, 0.15) is 18.2 Å². The van der Waals surface area contributed by atoms with Gasteiger partial charge < -0.3 is 0 Å². The van der Waals surface area contributed by atoms with Gasteiger partial charge in [0.15, 0.2) is 0 Å². The molecule has 89 valence electrons. The van der Waals surface area contributed by atoms with Crippen molar-refractivity contribution in [3.63, 3.8) is 0 Å². The third kappa shape index (κ3) is 2.49. The van der Waals surface area contributed by atoms with E-state index in [9.17, 15) is 13.2 Å². The molecular weight excluding hydrogens is 229 g/mol. The molecule has 1 aromatic carbocycles. The maximum atomic E-state index is 12.4. The third-order valence-electron chi connectivity index (χ3n) is 2.41. The van der Waals surface area contributed by atoms with E-state index in [-0.39, 0.29) is 0 Å². The number of nitrogens with one attached hydrogen (secondary N) is 1. The fourth-order valence-electron chi connectivity index (χ4n) is 1.44. The van der Waals surface area contributed by atoms with Gasteiger partial charge in [0.05, 0.1) is 5.56 Å². The van der Waals surface area contributed by atoms with Crippen molar-refractivity contribution in [3.05, 3.63) is 41.6 Å². The van der Waals surface area contributed by atoms with Crippen molar-refractivity contribution in [2.75, 3.05) is 0 Å². The first-order valence-corrected chi connectivity index (χ1v) is 5.15. The second-order valence-electron chi connectivity index (χ2n) is 3.60. The van der Waals surface area contributed by atoms with Crippen molar-refractivity contribution in [2.24, 2.45) is 0 Å². The molecule has 0 saturated carbocycles. The number of H-pyrrole nitrogens is 1. The Kier molecular flexibility index (Phi) is 2.92. The molecule has 0 bridgehead atoms. The SMILES string of the molecule is CCc1[c]c(-c2ccc(C(F)(F)F)cc2)n[nH]1. The van der Waals surface area contributed by atoms with E-state index in [1.165, 1.54) is 12.1 Å². The Morgan fingerprint density at radius 1 is 1.24 bits per heavy atom. The monoisotopic (exact) mass is 239 g/mol. The quantitative estimate of drug-likeness (QED) is 0.854. The zero-order valence-corrected chi connectivity index (χ0v) is 9.10. The highest BCUT2D eigenvalue weighted by molar-refractivity contribution is 5.59. The molecule has 2 rings (SSSR count). The summed E-state index contributed by atoms with van der Waals surface area (Å²) in [6.07, 6.45) is -3.55. The molecule has 2 nitrogen and oxygen atoms in total. The third-order valence-corrected chi connectivity index (χ3v) is 2.41. The van der Waals surface area contributed by atoms with Crippen LogP contribution in [0.4, 0.5) is 13.2 Å². The van der Waals surface area contributed by atoms with Crippen LogP contribution in [0.25, 0.3) is 11.3 Å². The fourth-order valence-corrected chi connectivity index (χ4v) is 1.44. The Labute approximate surface area is 96.5 Å². The van der Waals surface area contributed by atoms with E-state index in [4.69, 9.17) is 0 Å². The summed E-state index contributed by atoms with van der Waals surface area (Å²) >= 11 is 0. The largest absolute Gasteiger partial charge is 0.416 e. The smallest absolute Gasteiger partial charge is 0.281 e. The second-order valence-corrected chi connectivity index (χ2v) is 3.60. The highest BCUT2D eigenvalue weighted by atomic mass is 19.4. The number of alkyl halides is 3. The number of benzene rings is 1. The lowest BCUT2D eigenvalue weighted by atomic mass is 10.1. The lowest BCUT2D eigenvalue weighted by molar-refractivity contribution is -0.137. The van der Waals surface area contributed by atoms with Gasteiger partial charge >= 0.3 is 6.18 Å². The molecule has 1 aromatic heterocycles. The lowest BCUT2D eigenvalue weighted by Gasteiger charge is -2.06. The molecule has 1 radical (unpaired) electrons. The number of aromatic amines is 1. The molecule has 1 heterocycles. The number of hydrogen-bond acceptors (Lipinski definition) is 1. The molecule has 0 aliphatic carbocycles. The minimum absolute atomic E-state index is 0.538. The van der Waals surface area contributed by atoms with Crippen LogP contribution in [0.3, 0.4) is 0 Å². The standard InChI is InChI=1S/C12H10F3N2/c1-2-10-7-11(17-16-10)8-3-5-9(6-4-8)12(13,14)15/h3-6H,2H2,1H3,(H,16,17). The molecule has 0 atom stereocenters. The number of halogens is 3. The van der Waals surface area contributed by atoms with Crippen molar-refractivity contribution in [1.82, 2.24) is 10.2 Å². The van der Waals surface area contributed by atoms with Gasteiger partial charge in [-0.05, 0) is 18.6 Å². The van der Waals surface area contributed by atoms with Crippen molar-refractivity contribution in [3.8, 4) is 11.3 Å². The predicted molar refractivity (Wildman–Crippen MR) is 57.2 cm³/mol. The van der Waals surface area contributed by atoms with Crippen molar-refractivity contribution < 1.29 is 13.2 Å². The van der Waals surface area contributed by atoms with E-state index in [1.54, 1.807) is 0 Å². The van der Waals surface area contributed by atoms with Gasteiger partial charge in [-0.15, -0.1) is 0 Å². The van der Waals surface area contributed by atoms with E-state index in [2.05, 4.69) is 16.3 Å². The number of rotatable bonds is 2. The average Bonchev–Trinajstić information content (AvgIpc) is 2.76. The second kappa shape index (κ2) is 4.24. The number of hydrogen-bond donors (Lipinski definition) is 1. The highest BCUT2D eigenvalue weighted by Crippen LogP contribution is 2.30. The molecule has 0 unspecified atom stereocenters. The molecule has 2 aromatic rings. The molecule has 5 heteroatoms. The van der Waals surface area contributed by atoms with Crippen molar-refractivity contribution in [1.29, 1.82) is 0 Å². The minimum atomic E-state index is -4.30. The van der Waals surface area contributed by atoms with Gasteiger partial charge in [-0.25, -0.2) is 0 Å². The first kappa shape index (κ1) is 11.7. The van der Waals surface area contributed by atoms with Crippen LogP contribution in [0.15, 0.2) is 24.3 Å². The Balaban J connectivity index is 2.29. The number of nitrogens with zero attached hydrogens (tertiary/aromatic N) is 1. The summed E-state index contributed by atoms with van der Waals surface area (Å²) in [4.78, 5) is 0. The first-order chi connectivity index (χ1) is 8.00. The zero-order chi connectivity index (χ0) is 12.5. The van der Waals surface area contributed by atoms with Crippen molar-refractivity contribution >= 4 is 0 Å². The summed E-state index contributed by atoms with van der Waals surface area (Å²) in [7, 11) is 0. The van der Waals surface area contributed by atoms with Gasteiger partial charge in [0, 0.05) is 17.3 Å². The average molecular weight is 239 g/mol. The van der Waals surface area contributed by atoms with E-state index in [0.717, 1.165) is 24.2 Å². The molecule has 0 fully saturated rings. The molecule has 17 heavy (non-hydrogen) atoms. The molecule has 0 aliphatic heterocycles. The molecular formula is C12H10F3N2. The molecule has 0 saturated heterocycles. The predicted octanol–water partition coefficient (Wildman–Crippen LogP) is 3.46. The Bertz CT molecular complexity index is 497. The van der Waals surface area contributed by atoms with Crippen LogP contribution in [0.5, 0.6) is 0 Å². The molecule has 0 aliphatic rings. The summed E-state index contributed by atoms with van der Waals surface area (Å²) in [6.45, 7) is 1.94. The van der Waals surface area contributed by atoms with Crippen LogP contribution >= 0.6 is 0 Å². The van der Waals surface area contributed by atoms with Crippen molar-refractivity contribution in [2.45, 2.75) is 19.5 Å². The Morgan fingerprint density at radius 3 is 2.35 bits per heavy atom. The van der Waals surface area contributed by atoms with Crippen LogP contribution in [-0.4, -0.2) is 10.2 Å². The summed E-state index contributed by atoms with van der Waals surface area (Å²) in [5.41, 5.74) is 1.33. The van der Waals surface area contributed by atoms with Gasteiger partial charge in [-0.1, -0.05) is 19.1 Å². The van der Waals surface area contributed by atoms with Gasteiger partial charge in [-0.2, -0.15) is 18.3 Å². The van der Waals surface area contributed by atoms with Crippen LogP contribution in [0.2, 0.25) is 0 Å². The molecule has 0 amide bonds. The molecule has 0 spiro atoms. The fraction of sp³-hybridized carbons (Fsp3) is 0.250.